The molecule has 1 N–H and O–H groups in total. The molecule has 2 aromatic carbocycles. The standard InChI is InChI=1S/C17H11F2IN2O4/c18-10-2-4-12-14(5-10)21(8-15(23)24)17(26)22(16(12)25)7-9-1-3-11(20)6-13(9)19/h1-6H,7-8H2,(H,23,24). The van der Waals surface area contributed by atoms with Gasteiger partial charge >= 0.3 is 11.7 Å². The number of carbonyl (C=O) groups is 1. The van der Waals surface area contributed by atoms with Crippen LogP contribution in [0, 0.1) is 15.2 Å². The average molecular weight is 472 g/mol. The number of carboxylic acid groups (broad SMARTS) is 1. The van der Waals surface area contributed by atoms with E-state index in [0.717, 1.165) is 21.3 Å². The van der Waals surface area contributed by atoms with Gasteiger partial charge in [0.1, 0.15) is 18.2 Å². The number of nitrogens with zero attached hydrogens (tertiary/aromatic N) is 2. The van der Waals surface area contributed by atoms with Crippen molar-refractivity contribution in [3.63, 3.8) is 0 Å². The predicted octanol–water partition coefficient (Wildman–Crippen LogP) is 2.18. The van der Waals surface area contributed by atoms with Crippen LogP contribution in [0.15, 0.2) is 46.0 Å². The normalized spacial score (nSPS) is 11.0. The van der Waals surface area contributed by atoms with Crippen molar-refractivity contribution in [2.24, 2.45) is 0 Å². The Morgan fingerprint density at radius 3 is 2.46 bits per heavy atom. The molecule has 0 aliphatic heterocycles. The molecule has 0 spiro atoms. The summed E-state index contributed by atoms with van der Waals surface area (Å²) >= 11 is 1.92. The molecule has 9 heteroatoms. The van der Waals surface area contributed by atoms with E-state index in [1.807, 2.05) is 22.6 Å². The fraction of sp³-hybridized carbons (Fsp3) is 0.118. The zero-order valence-corrected chi connectivity index (χ0v) is 15.2. The zero-order valence-electron chi connectivity index (χ0n) is 13.1. The molecule has 0 aliphatic rings. The van der Waals surface area contributed by atoms with Crippen molar-refractivity contribution in [1.29, 1.82) is 0 Å². The van der Waals surface area contributed by atoms with Crippen LogP contribution in [0.5, 0.6) is 0 Å². The third-order valence-corrected chi connectivity index (χ3v) is 4.50. The predicted molar refractivity (Wildman–Crippen MR) is 98.3 cm³/mol. The Morgan fingerprint density at radius 1 is 1.08 bits per heavy atom. The number of fused-ring (bicyclic) bond motifs is 1. The first-order valence-corrected chi connectivity index (χ1v) is 8.44. The van der Waals surface area contributed by atoms with Crippen molar-refractivity contribution < 1.29 is 18.7 Å². The van der Waals surface area contributed by atoms with E-state index in [0.29, 0.717) is 3.57 Å². The van der Waals surface area contributed by atoms with E-state index >= 15 is 0 Å². The topological polar surface area (TPSA) is 81.3 Å². The number of hydrogen-bond acceptors (Lipinski definition) is 3. The van der Waals surface area contributed by atoms with Crippen LogP contribution in [0.3, 0.4) is 0 Å². The molecule has 1 aromatic heterocycles. The zero-order chi connectivity index (χ0) is 19.0. The Balaban J connectivity index is 2.28. The summed E-state index contributed by atoms with van der Waals surface area (Å²) in [5, 5.41) is 9.01. The van der Waals surface area contributed by atoms with E-state index in [1.54, 1.807) is 6.07 Å². The van der Waals surface area contributed by atoms with Crippen LogP contribution in [-0.2, 0) is 17.9 Å². The lowest BCUT2D eigenvalue weighted by Crippen LogP contribution is -2.41. The average Bonchev–Trinajstić information content (AvgIpc) is 2.57. The van der Waals surface area contributed by atoms with Gasteiger partial charge in [0.05, 0.1) is 17.4 Å². The highest BCUT2D eigenvalue weighted by atomic mass is 127. The van der Waals surface area contributed by atoms with Gasteiger partial charge in [-0.25, -0.2) is 13.6 Å². The molecule has 0 atom stereocenters. The Bertz CT molecular complexity index is 1150. The van der Waals surface area contributed by atoms with Crippen LogP contribution in [0.25, 0.3) is 10.9 Å². The van der Waals surface area contributed by atoms with Gasteiger partial charge in [0.2, 0.25) is 0 Å². The summed E-state index contributed by atoms with van der Waals surface area (Å²) in [6.07, 6.45) is 0. The second-order valence-corrected chi connectivity index (χ2v) is 6.80. The molecule has 0 fully saturated rings. The number of carboxylic acids is 1. The number of aromatic nitrogens is 2. The molecule has 0 saturated heterocycles. The van der Waals surface area contributed by atoms with Gasteiger partial charge in [0, 0.05) is 9.13 Å². The second kappa shape index (κ2) is 6.98. The number of aliphatic carboxylic acids is 1. The summed E-state index contributed by atoms with van der Waals surface area (Å²) in [6.45, 7) is -1.12. The lowest BCUT2D eigenvalue weighted by Gasteiger charge is -2.13. The summed E-state index contributed by atoms with van der Waals surface area (Å²) < 4.78 is 29.8. The molecule has 0 unspecified atom stereocenters. The fourth-order valence-corrected chi connectivity index (χ4v) is 3.09. The van der Waals surface area contributed by atoms with Gasteiger partial charge in [-0.05, 0) is 52.9 Å². The number of halogens is 3. The van der Waals surface area contributed by atoms with Gasteiger partial charge < -0.3 is 5.11 Å². The van der Waals surface area contributed by atoms with Crippen molar-refractivity contribution in [3.05, 3.63) is 78.0 Å². The van der Waals surface area contributed by atoms with Crippen LogP contribution in [-0.4, -0.2) is 20.2 Å². The number of hydrogen-bond donors (Lipinski definition) is 1. The summed E-state index contributed by atoms with van der Waals surface area (Å²) in [4.78, 5) is 36.4. The molecular weight excluding hydrogens is 461 g/mol. The third-order valence-electron chi connectivity index (χ3n) is 3.82. The minimum absolute atomic E-state index is 0.0295. The van der Waals surface area contributed by atoms with E-state index in [4.69, 9.17) is 5.11 Å². The second-order valence-electron chi connectivity index (χ2n) is 5.55. The Kier molecular flexibility index (Phi) is 4.90. The largest absolute Gasteiger partial charge is 0.480 e. The first-order chi connectivity index (χ1) is 12.3. The molecule has 3 aromatic rings. The Morgan fingerprint density at radius 2 is 1.81 bits per heavy atom. The first-order valence-electron chi connectivity index (χ1n) is 7.36. The van der Waals surface area contributed by atoms with Crippen molar-refractivity contribution in [2.75, 3.05) is 0 Å². The minimum Gasteiger partial charge on any atom is -0.480 e. The van der Waals surface area contributed by atoms with Gasteiger partial charge in [-0.2, -0.15) is 0 Å². The van der Waals surface area contributed by atoms with Crippen LogP contribution < -0.4 is 11.2 Å². The molecule has 3 rings (SSSR count). The van der Waals surface area contributed by atoms with Crippen LogP contribution in [0.4, 0.5) is 8.78 Å². The highest BCUT2D eigenvalue weighted by Gasteiger charge is 2.17. The maximum Gasteiger partial charge on any atom is 0.332 e. The van der Waals surface area contributed by atoms with Crippen LogP contribution in [0.1, 0.15) is 5.56 Å². The van der Waals surface area contributed by atoms with Gasteiger partial charge in [-0.15, -0.1) is 0 Å². The monoisotopic (exact) mass is 472 g/mol. The van der Waals surface area contributed by atoms with E-state index < -0.39 is 35.4 Å². The lowest BCUT2D eigenvalue weighted by atomic mass is 10.2. The Hall–Kier alpha value is -2.56. The fourth-order valence-electron chi connectivity index (χ4n) is 2.64. The molecule has 0 bridgehead atoms. The molecule has 26 heavy (non-hydrogen) atoms. The van der Waals surface area contributed by atoms with E-state index in [1.165, 1.54) is 18.2 Å². The van der Waals surface area contributed by atoms with Gasteiger partial charge in [0.25, 0.3) is 5.56 Å². The van der Waals surface area contributed by atoms with Crippen molar-refractivity contribution in [1.82, 2.24) is 9.13 Å². The van der Waals surface area contributed by atoms with Crippen molar-refractivity contribution in [3.8, 4) is 0 Å². The van der Waals surface area contributed by atoms with Crippen molar-refractivity contribution in [2.45, 2.75) is 13.1 Å². The summed E-state index contributed by atoms with van der Waals surface area (Å²) in [6, 6.07) is 7.46. The third kappa shape index (κ3) is 3.39. The van der Waals surface area contributed by atoms with Crippen molar-refractivity contribution >= 4 is 39.5 Å². The molecule has 0 aliphatic carbocycles. The van der Waals surface area contributed by atoms with Crippen LogP contribution >= 0.6 is 22.6 Å². The number of benzene rings is 2. The minimum atomic E-state index is -1.33. The lowest BCUT2D eigenvalue weighted by molar-refractivity contribution is -0.137. The Labute approximate surface area is 158 Å². The van der Waals surface area contributed by atoms with E-state index in [9.17, 15) is 23.2 Å². The summed E-state index contributed by atoms with van der Waals surface area (Å²) in [5.74, 6) is -2.63. The van der Waals surface area contributed by atoms with Gasteiger partial charge in [0.15, 0.2) is 0 Å². The maximum absolute atomic E-state index is 14.1. The SMILES string of the molecule is O=C(O)Cn1c(=O)n(Cc2ccc(I)cc2F)c(=O)c2ccc(F)cc21. The summed E-state index contributed by atoms with van der Waals surface area (Å²) in [7, 11) is 0. The summed E-state index contributed by atoms with van der Waals surface area (Å²) in [5.41, 5.74) is -1.72. The van der Waals surface area contributed by atoms with Gasteiger partial charge in [-0.3, -0.25) is 18.7 Å². The molecular formula is C17H11F2IN2O4. The van der Waals surface area contributed by atoms with Crippen LogP contribution in [0.2, 0.25) is 0 Å². The number of rotatable bonds is 4. The highest BCUT2D eigenvalue weighted by Crippen LogP contribution is 2.14. The first kappa shape index (κ1) is 18.2. The maximum atomic E-state index is 14.1. The van der Waals surface area contributed by atoms with E-state index in [2.05, 4.69) is 0 Å². The molecule has 0 amide bonds. The van der Waals surface area contributed by atoms with E-state index in [-0.39, 0.29) is 23.0 Å². The molecule has 6 nitrogen and oxygen atoms in total. The molecule has 0 saturated carbocycles. The quantitative estimate of drug-likeness (QED) is 0.591. The molecule has 134 valence electrons. The smallest absolute Gasteiger partial charge is 0.332 e. The molecule has 1 heterocycles. The molecule has 0 radical (unpaired) electrons. The van der Waals surface area contributed by atoms with Gasteiger partial charge in [-0.1, -0.05) is 6.07 Å². The highest BCUT2D eigenvalue weighted by molar-refractivity contribution is 14.1.